The van der Waals surface area contributed by atoms with Crippen LogP contribution >= 0.6 is 11.6 Å². The molecule has 2 aromatic rings. The number of aryl methyl sites for hydroxylation is 1. The minimum Gasteiger partial charge on any atom is -0.370 e. The summed E-state index contributed by atoms with van der Waals surface area (Å²) in [6.45, 7) is 5.32. The molecule has 0 heterocycles. The monoisotopic (exact) mass is 430 g/mol. The topological polar surface area (TPSA) is 83.6 Å². The highest BCUT2D eigenvalue weighted by Gasteiger charge is 2.21. The molecule has 0 aromatic heterocycles. The van der Waals surface area contributed by atoms with E-state index in [1.54, 1.807) is 0 Å². The minimum atomic E-state index is -3.94. The van der Waals surface area contributed by atoms with Crippen molar-refractivity contribution in [2.75, 3.05) is 30.8 Å². The van der Waals surface area contributed by atoms with E-state index in [1.807, 2.05) is 43.0 Å². The molecule has 2 rings (SSSR count). The van der Waals surface area contributed by atoms with E-state index in [9.17, 15) is 16.8 Å². The Labute approximate surface area is 166 Å². The van der Waals surface area contributed by atoms with Gasteiger partial charge in [0.2, 0.25) is 10.0 Å². The van der Waals surface area contributed by atoms with Gasteiger partial charge in [-0.2, -0.15) is 0 Å². The number of sulfone groups is 1. The zero-order valence-electron chi connectivity index (χ0n) is 15.4. The van der Waals surface area contributed by atoms with Gasteiger partial charge >= 0.3 is 0 Å². The van der Waals surface area contributed by atoms with Crippen LogP contribution < -0.4 is 9.62 Å². The van der Waals surface area contributed by atoms with Gasteiger partial charge in [0.1, 0.15) is 4.90 Å². The minimum absolute atomic E-state index is 0.0269. The van der Waals surface area contributed by atoms with Crippen LogP contribution in [0.1, 0.15) is 12.5 Å². The number of sulfonamides is 1. The zero-order chi connectivity index (χ0) is 20.2. The molecule has 148 valence electrons. The maximum Gasteiger partial charge on any atom is 0.242 e. The summed E-state index contributed by atoms with van der Waals surface area (Å²) in [5.74, 6) is 0. The Bertz CT molecular complexity index is 1020. The van der Waals surface area contributed by atoms with Crippen LogP contribution in [0.15, 0.2) is 52.3 Å². The molecular weight excluding hydrogens is 408 g/mol. The fourth-order valence-corrected chi connectivity index (χ4v) is 4.87. The molecule has 2 aromatic carbocycles. The SMILES string of the molecule is CCN(CCNS(=O)(=O)c1cc(S(C)(=O)=O)ccc1Cl)c1cccc(C)c1. The first kappa shape index (κ1) is 21.7. The van der Waals surface area contributed by atoms with Crippen molar-refractivity contribution in [3.63, 3.8) is 0 Å². The van der Waals surface area contributed by atoms with Gasteiger partial charge in [-0.05, 0) is 49.7 Å². The Hall–Kier alpha value is -1.61. The molecular formula is C18H23ClN2O4S2. The van der Waals surface area contributed by atoms with Gasteiger partial charge in [0.15, 0.2) is 9.84 Å². The molecule has 0 radical (unpaired) electrons. The molecule has 0 aliphatic carbocycles. The first-order valence-electron chi connectivity index (χ1n) is 8.35. The molecule has 9 heteroatoms. The lowest BCUT2D eigenvalue weighted by Crippen LogP contribution is -2.35. The molecule has 0 fully saturated rings. The molecule has 0 saturated carbocycles. The molecule has 0 amide bonds. The smallest absolute Gasteiger partial charge is 0.242 e. The van der Waals surface area contributed by atoms with E-state index in [2.05, 4.69) is 4.72 Å². The second kappa shape index (κ2) is 8.60. The van der Waals surface area contributed by atoms with E-state index >= 15 is 0 Å². The largest absolute Gasteiger partial charge is 0.370 e. The molecule has 0 aliphatic heterocycles. The molecule has 0 saturated heterocycles. The molecule has 0 atom stereocenters. The second-order valence-corrected chi connectivity index (χ2v) is 10.3. The second-order valence-electron chi connectivity index (χ2n) is 6.18. The van der Waals surface area contributed by atoms with Gasteiger partial charge in [-0.3, -0.25) is 0 Å². The highest BCUT2D eigenvalue weighted by Crippen LogP contribution is 2.24. The zero-order valence-corrected chi connectivity index (χ0v) is 17.8. The summed E-state index contributed by atoms with van der Waals surface area (Å²) >= 11 is 5.99. The van der Waals surface area contributed by atoms with Crippen LogP contribution in [0, 0.1) is 6.92 Å². The average molecular weight is 431 g/mol. The lowest BCUT2D eigenvalue weighted by atomic mass is 10.2. The first-order chi connectivity index (χ1) is 12.5. The fraction of sp³-hybridized carbons (Fsp3) is 0.333. The van der Waals surface area contributed by atoms with Crippen molar-refractivity contribution in [2.24, 2.45) is 0 Å². The summed E-state index contributed by atoms with van der Waals surface area (Å²) in [6, 6.07) is 11.6. The van der Waals surface area contributed by atoms with Crippen molar-refractivity contribution in [1.82, 2.24) is 4.72 Å². The quantitative estimate of drug-likeness (QED) is 0.696. The van der Waals surface area contributed by atoms with Gasteiger partial charge in [-0.15, -0.1) is 0 Å². The molecule has 0 spiro atoms. The summed E-state index contributed by atoms with van der Waals surface area (Å²) in [5.41, 5.74) is 2.13. The van der Waals surface area contributed by atoms with Crippen LogP contribution in [0.2, 0.25) is 5.02 Å². The molecule has 0 aliphatic rings. The van der Waals surface area contributed by atoms with Crippen molar-refractivity contribution in [3.05, 3.63) is 53.1 Å². The fourth-order valence-electron chi connectivity index (χ4n) is 2.61. The Balaban J connectivity index is 2.15. The van der Waals surface area contributed by atoms with Gasteiger partial charge in [0.05, 0.1) is 9.92 Å². The predicted molar refractivity (Wildman–Crippen MR) is 109 cm³/mol. The van der Waals surface area contributed by atoms with E-state index in [0.717, 1.165) is 30.1 Å². The van der Waals surface area contributed by atoms with E-state index in [1.165, 1.54) is 12.1 Å². The van der Waals surface area contributed by atoms with Crippen molar-refractivity contribution < 1.29 is 16.8 Å². The lowest BCUT2D eigenvalue weighted by molar-refractivity contribution is 0.580. The van der Waals surface area contributed by atoms with Crippen molar-refractivity contribution in [1.29, 1.82) is 0 Å². The Morgan fingerprint density at radius 3 is 2.37 bits per heavy atom. The molecule has 27 heavy (non-hydrogen) atoms. The number of benzene rings is 2. The van der Waals surface area contributed by atoms with Crippen LogP contribution in [-0.2, 0) is 19.9 Å². The van der Waals surface area contributed by atoms with Crippen molar-refractivity contribution in [2.45, 2.75) is 23.6 Å². The Morgan fingerprint density at radius 2 is 1.78 bits per heavy atom. The third-order valence-corrected chi connectivity index (χ3v) is 7.10. The summed E-state index contributed by atoms with van der Waals surface area (Å²) in [4.78, 5) is 1.71. The summed E-state index contributed by atoms with van der Waals surface area (Å²) in [5, 5.41) is -0.0269. The number of hydrogen-bond donors (Lipinski definition) is 1. The van der Waals surface area contributed by atoms with E-state index in [0.29, 0.717) is 6.54 Å². The van der Waals surface area contributed by atoms with Gasteiger partial charge in [-0.1, -0.05) is 23.7 Å². The number of likely N-dealkylation sites (N-methyl/N-ethyl adjacent to an activating group) is 1. The van der Waals surface area contributed by atoms with E-state index in [-0.39, 0.29) is 21.4 Å². The van der Waals surface area contributed by atoms with Gasteiger partial charge < -0.3 is 4.90 Å². The highest BCUT2D eigenvalue weighted by molar-refractivity contribution is 7.91. The van der Waals surface area contributed by atoms with Gasteiger partial charge in [-0.25, -0.2) is 21.6 Å². The van der Waals surface area contributed by atoms with Crippen LogP contribution in [0.5, 0.6) is 0 Å². The summed E-state index contributed by atoms with van der Waals surface area (Å²) < 4.78 is 51.0. The Morgan fingerprint density at radius 1 is 1.07 bits per heavy atom. The van der Waals surface area contributed by atoms with Crippen LogP contribution in [0.4, 0.5) is 5.69 Å². The number of anilines is 1. The maximum atomic E-state index is 12.6. The third kappa shape index (κ3) is 5.68. The Kier molecular flexibility index (Phi) is 6.91. The first-order valence-corrected chi connectivity index (χ1v) is 12.1. The summed E-state index contributed by atoms with van der Waals surface area (Å²) in [6.07, 6.45) is 1.01. The molecule has 6 nitrogen and oxygen atoms in total. The number of rotatable bonds is 8. The number of nitrogens with one attached hydrogen (secondary N) is 1. The standard InChI is InChI=1S/C18H23ClN2O4S2/c1-4-21(15-7-5-6-14(2)12-15)11-10-20-27(24,25)18-13-16(26(3,22)23)8-9-17(18)19/h5-9,12-13,20H,4,10-11H2,1-3H3. The lowest BCUT2D eigenvalue weighted by Gasteiger charge is -2.23. The molecule has 0 unspecified atom stereocenters. The molecule has 0 bridgehead atoms. The number of hydrogen-bond acceptors (Lipinski definition) is 5. The number of nitrogens with zero attached hydrogens (tertiary/aromatic N) is 1. The predicted octanol–water partition coefficient (Wildman–Crippen LogP) is 2.86. The third-order valence-electron chi connectivity index (χ3n) is 4.04. The van der Waals surface area contributed by atoms with Crippen molar-refractivity contribution in [3.8, 4) is 0 Å². The van der Waals surface area contributed by atoms with Crippen LogP contribution in [0.3, 0.4) is 0 Å². The average Bonchev–Trinajstić information content (AvgIpc) is 2.58. The van der Waals surface area contributed by atoms with Gasteiger partial charge in [0, 0.05) is 31.6 Å². The maximum absolute atomic E-state index is 12.6. The summed E-state index contributed by atoms with van der Waals surface area (Å²) in [7, 11) is -7.48. The highest BCUT2D eigenvalue weighted by atomic mass is 35.5. The van der Waals surface area contributed by atoms with Crippen molar-refractivity contribution >= 4 is 37.1 Å². The van der Waals surface area contributed by atoms with E-state index in [4.69, 9.17) is 11.6 Å². The normalized spacial score (nSPS) is 12.1. The number of halogens is 1. The van der Waals surface area contributed by atoms with Crippen LogP contribution in [0.25, 0.3) is 0 Å². The van der Waals surface area contributed by atoms with Gasteiger partial charge in [0.25, 0.3) is 0 Å². The van der Waals surface area contributed by atoms with E-state index < -0.39 is 19.9 Å². The van der Waals surface area contributed by atoms with Crippen LogP contribution in [-0.4, -0.2) is 42.7 Å². The molecule has 1 N–H and O–H groups in total.